The Morgan fingerprint density at radius 1 is 1.26 bits per heavy atom. The predicted molar refractivity (Wildman–Crippen MR) is 104 cm³/mol. The van der Waals surface area contributed by atoms with E-state index in [-0.39, 0.29) is 17.5 Å². The molecule has 2 aliphatic rings. The van der Waals surface area contributed by atoms with Crippen LogP contribution in [0.15, 0.2) is 29.0 Å². The van der Waals surface area contributed by atoms with Gasteiger partial charge in [0, 0.05) is 30.3 Å². The summed E-state index contributed by atoms with van der Waals surface area (Å²) in [5, 5.41) is 4.27. The number of carbonyl (C=O) groups is 2. The zero-order valence-electron chi connectivity index (χ0n) is 15.7. The minimum atomic E-state index is -0.523. The van der Waals surface area contributed by atoms with Crippen LogP contribution in [0.2, 0.25) is 0 Å². The lowest BCUT2D eigenvalue weighted by Crippen LogP contribution is -2.59. The lowest BCUT2D eigenvalue weighted by Gasteiger charge is -2.42. The summed E-state index contributed by atoms with van der Waals surface area (Å²) >= 11 is 3.45. The molecular formula is C19H23BrN4O3. The molecule has 27 heavy (non-hydrogen) atoms. The molecule has 0 aromatic carbocycles. The van der Waals surface area contributed by atoms with Gasteiger partial charge in [0.2, 0.25) is 0 Å². The quantitative estimate of drug-likeness (QED) is 0.690. The monoisotopic (exact) mass is 434 g/mol. The Balaban J connectivity index is 1.53. The van der Waals surface area contributed by atoms with Crippen molar-refractivity contribution in [1.82, 2.24) is 19.4 Å². The molecule has 3 heterocycles. The Labute approximate surface area is 166 Å². The molecule has 2 fully saturated rings. The Morgan fingerprint density at radius 2 is 2.00 bits per heavy atom. The number of nitrogens with zero attached hydrogens (tertiary/aromatic N) is 4. The van der Waals surface area contributed by atoms with Crippen molar-refractivity contribution in [2.45, 2.75) is 44.8 Å². The number of halogens is 1. The van der Waals surface area contributed by atoms with Gasteiger partial charge in [-0.15, -0.1) is 0 Å². The second-order valence-electron chi connectivity index (χ2n) is 8.32. The van der Waals surface area contributed by atoms with E-state index < -0.39 is 5.60 Å². The first kappa shape index (κ1) is 18.3. The van der Waals surface area contributed by atoms with Gasteiger partial charge in [-0.2, -0.15) is 5.10 Å². The highest BCUT2D eigenvalue weighted by atomic mass is 79.9. The van der Waals surface area contributed by atoms with Gasteiger partial charge in [-0.05, 0) is 45.7 Å². The second kappa shape index (κ2) is 6.22. The number of amides is 2. The van der Waals surface area contributed by atoms with Crippen LogP contribution in [-0.4, -0.2) is 62.2 Å². The fourth-order valence-electron chi connectivity index (χ4n) is 3.62. The van der Waals surface area contributed by atoms with Gasteiger partial charge in [-0.3, -0.25) is 9.69 Å². The van der Waals surface area contributed by atoms with Gasteiger partial charge in [-0.25, -0.2) is 9.31 Å². The van der Waals surface area contributed by atoms with Crippen LogP contribution in [0, 0.1) is 0 Å². The summed E-state index contributed by atoms with van der Waals surface area (Å²) in [4.78, 5) is 29.4. The molecule has 1 saturated carbocycles. The van der Waals surface area contributed by atoms with E-state index in [2.05, 4.69) is 21.0 Å². The van der Waals surface area contributed by atoms with Crippen LogP contribution >= 0.6 is 15.9 Å². The third-order valence-corrected chi connectivity index (χ3v) is 5.59. The Bertz CT molecular complexity index is 913. The van der Waals surface area contributed by atoms with Crippen LogP contribution in [-0.2, 0) is 4.74 Å². The van der Waals surface area contributed by atoms with Crippen molar-refractivity contribution in [3.63, 3.8) is 0 Å². The van der Waals surface area contributed by atoms with Crippen molar-refractivity contribution in [2.24, 2.45) is 0 Å². The van der Waals surface area contributed by atoms with E-state index >= 15 is 0 Å². The summed E-state index contributed by atoms with van der Waals surface area (Å²) in [5.41, 5.74) is 0.552. The van der Waals surface area contributed by atoms with Crippen LogP contribution in [0.5, 0.6) is 0 Å². The summed E-state index contributed by atoms with van der Waals surface area (Å²) in [6.07, 6.45) is 4.95. The smallest absolute Gasteiger partial charge is 0.410 e. The third kappa shape index (κ3) is 3.42. The Morgan fingerprint density at radius 3 is 2.67 bits per heavy atom. The van der Waals surface area contributed by atoms with Crippen LogP contribution in [0.3, 0.4) is 0 Å². The fraction of sp³-hybridized carbons (Fsp3) is 0.526. The second-order valence-corrected chi connectivity index (χ2v) is 9.23. The minimum Gasteiger partial charge on any atom is -0.444 e. The molecule has 2 aromatic heterocycles. The Hall–Kier alpha value is -2.09. The normalized spacial score (nSPS) is 18.8. The first-order valence-corrected chi connectivity index (χ1v) is 9.91. The number of ether oxygens (including phenoxy) is 1. The average molecular weight is 435 g/mol. The van der Waals surface area contributed by atoms with E-state index in [1.807, 2.05) is 48.9 Å². The predicted octanol–water partition coefficient (Wildman–Crippen LogP) is 3.32. The number of piperazine rings is 1. The van der Waals surface area contributed by atoms with E-state index in [0.717, 1.165) is 22.8 Å². The summed E-state index contributed by atoms with van der Waals surface area (Å²) in [6, 6.07) is 3.77. The molecule has 8 heteroatoms. The van der Waals surface area contributed by atoms with E-state index in [0.29, 0.717) is 25.2 Å². The summed E-state index contributed by atoms with van der Waals surface area (Å²) in [6.45, 7) is 7.12. The standard InChI is InChI=1S/C19H23BrN4O3/c1-18(2,3)27-17(26)23-9-8-22(12-19(23)5-6-19)16(25)14-11-21-24-7-4-13(20)10-15(14)24/h4,7,10-11H,5-6,8-9,12H2,1-3H3. The number of rotatable bonds is 1. The van der Waals surface area contributed by atoms with E-state index in [4.69, 9.17) is 4.74 Å². The van der Waals surface area contributed by atoms with Crippen molar-refractivity contribution in [2.75, 3.05) is 19.6 Å². The molecule has 0 N–H and O–H groups in total. The van der Waals surface area contributed by atoms with Crippen molar-refractivity contribution in [3.05, 3.63) is 34.6 Å². The molecule has 1 aliphatic heterocycles. The highest BCUT2D eigenvalue weighted by Crippen LogP contribution is 2.45. The van der Waals surface area contributed by atoms with E-state index in [9.17, 15) is 9.59 Å². The van der Waals surface area contributed by atoms with E-state index in [1.54, 1.807) is 10.7 Å². The molecule has 1 saturated heterocycles. The maximum atomic E-state index is 13.1. The topological polar surface area (TPSA) is 67.2 Å². The van der Waals surface area contributed by atoms with Crippen LogP contribution in [0.1, 0.15) is 44.0 Å². The van der Waals surface area contributed by atoms with Crippen molar-refractivity contribution in [1.29, 1.82) is 0 Å². The molecule has 7 nitrogen and oxygen atoms in total. The average Bonchev–Trinajstić information content (AvgIpc) is 3.20. The van der Waals surface area contributed by atoms with Gasteiger partial charge < -0.3 is 9.64 Å². The minimum absolute atomic E-state index is 0.0433. The number of hydrogen-bond acceptors (Lipinski definition) is 4. The molecule has 0 atom stereocenters. The lowest BCUT2D eigenvalue weighted by atomic mass is 10.1. The molecule has 144 valence electrons. The lowest BCUT2D eigenvalue weighted by molar-refractivity contribution is -0.00570. The first-order chi connectivity index (χ1) is 12.7. The van der Waals surface area contributed by atoms with E-state index in [1.165, 1.54) is 0 Å². The molecule has 2 amide bonds. The zero-order chi connectivity index (χ0) is 19.4. The molecule has 0 bridgehead atoms. The number of pyridine rings is 1. The van der Waals surface area contributed by atoms with Crippen LogP contribution in [0.25, 0.3) is 5.52 Å². The first-order valence-electron chi connectivity index (χ1n) is 9.11. The summed E-state index contributed by atoms with van der Waals surface area (Å²) in [7, 11) is 0. The fourth-order valence-corrected chi connectivity index (χ4v) is 3.95. The number of fused-ring (bicyclic) bond motifs is 1. The van der Waals surface area contributed by atoms with Gasteiger partial charge in [0.1, 0.15) is 5.60 Å². The molecule has 4 rings (SSSR count). The molecule has 2 aromatic rings. The molecule has 1 aliphatic carbocycles. The van der Waals surface area contributed by atoms with Gasteiger partial charge in [-0.1, -0.05) is 15.9 Å². The maximum Gasteiger partial charge on any atom is 0.410 e. The van der Waals surface area contributed by atoms with Crippen LogP contribution in [0.4, 0.5) is 4.79 Å². The van der Waals surface area contributed by atoms with Gasteiger partial charge in [0.05, 0.1) is 22.8 Å². The summed E-state index contributed by atoms with van der Waals surface area (Å²) in [5.74, 6) is -0.0433. The Kier molecular flexibility index (Phi) is 4.21. The van der Waals surface area contributed by atoms with Gasteiger partial charge in [0.25, 0.3) is 5.91 Å². The number of hydrogen-bond donors (Lipinski definition) is 0. The third-order valence-electron chi connectivity index (χ3n) is 5.09. The largest absolute Gasteiger partial charge is 0.444 e. The SMILES string of the molecule is CC(C)(C)OC(=O)N1CCN(C(=O)c2cnn3ccc(Br)cc23)CC12CC2. The van der Waals surface area contributed by atoms with Crippen LogP contribution < -0.4 is 0 Å². The highest BCUT2D eigenvalue weighted by molar-refractivity contribution is 9.10. The molecule has 0 radical (unpaired) electrons. The van der Waals surface area contributed by atoms with Crippen molar-refractivity contribution >= 4 is 33.4 Å². The number of aromatic nitrogens is 2. The zero-order valence-corrected chi connectivity index (χ0v) is 17.3. The molecular weight excluding hydrogens is 412 g/mol. The van der Waals surface area contributed by atoms with Crippen molar-refractivity contribution in [3.8, 4) is 0 Å². The molecule has 0 unspecified atom stereocenters. The van der Waals surface area contributed by atoms with Gasteiger partial charge in [0.15, 0.2) is 0 Å². The maximum absolute atomic E-state index is 13.1. The number of carbonyl (C=O) groups excluding carboxylic acids is 2. The van der Waals surface area contributed by atoms with Crippen molar-refractivity contribution < 1.29 is 14.3 Å². The summed E-state index contributed by atoms with van der Waals surface area (Å²) < 4.78 is 8.15. The molecule has 1 spiro atoms. The van der Waals surface area contributed by atoms with Gasteiger partial charge >= 0.3 is 6.09 Å². The highest BCUT2D eigenvalue weighted by Gasteiger charge is 2.55.